The highest BCUT2D eigenvalue weighted by Gasteiger charge is 2.16. The van der Waals surface area contributed by atoms with Gasteiger partial charge in [0.05, 0.1) is 12.2 Å². The molecule has 1 saturated heterocycles. The monoisotopic (exact) mass is 229 g/mol. The van der Waals surface area contributed by atoms with Gasteiger partial charge in [0.25, 0.3) is 0 Å². The third-order valence-corrected chi connectivity index (χ3v) is 2.92. The van der Waals surface area contributed by atoms with E-state index in [1.54, 1.807) is 0 Å². The zero-order valence-electron chi connectivity index (χ0n) is 11.0. The second kappa shape index (κ2) is 8.04. The normalized spacial score (nSPS) is 20.2. The molecule has 0 aromatic heterocycles. The third kappa shape index (κ3) is 6.46. The summed E-state index contributed by atoms with van der Waals surface area (Å²) in [5.74, 6) is 0.777. The highest BCUT2D eigenvalue weighted by atomic mass is 16.5. The fraction of sp³-hybridized carbons (Fsp3) is 1.00. The van der Waals surface area contributed by atoms with Gasteiger partial charge in [-0.15, -0.1) is 0 Å². The highest BCUT2D eigenvalue weighted by molar-refractivity contribution is 4.66. The van der Waals surface area contributed by atoms with Crippen LogP contribution in [-0.2, 0) is 9.47 Å². The molecule has 1 fully saturated rings. The zero-order valence-corrected chi connectivity index (χ0v) is 11.0. The van der Waals surface area contributed by atoms with Crippen molar-refractivity contribution in [1.82, 2.24) is 5.32 Å². The van der Waals surface area contributed by atoms with Crippen LogP contribution in [0.5, 0.6) is 0 Å². The molecule has 1 atom stereocenters. The van der Waals surface area contributed by atoms with Crippen LogP contribution >= 0.6 is 0 Å². The van der Waals surface area contributed by atoms with Crippen molar-refractivity contribution in [2.45, 2.75) is 52.2 Å². The lowest BCUT2D eigenvalue weighted by molar-refractivity contribution is -0.0612. The van der Waals surface area contributed by atoms with Crippen LogP contribution < -0.4 is 5.32 Å². The van der Waals surface area contributed by atoms with Gasteiger partial charge in [-0.05, 0) is 38.6 Å². The standard InChI is InChI=1S/C13H27NO2/c1-11(2)4-7-14-10-12(3)16-13-5-8-15-9-6-13/h11-14H,4-10H2,1-3H3. The van der Waals surface area contributed by atoms with Crippen molar-refractivity contribution in [3.05, 3.63) is 0 Å². The summed E-state index contributed by atoms with van der Waals surface area (Å²) in [5, 5.41) is 3.45. The molecule has 96 valence electrons. The van der Waals surface area contributed by atoms with Gasteiger partial charge >= 0.3 is 0 Å². The number of nitrogens with one attached hydrogen (secondary N) is 1. The summed E-state index contributed by atoms with van der Waals surface area (Å²) in [7, 11) is 0. The molecule has 0 aromatic rings. The molecule has 1 aliphatic rings. The summed E-state index contributed by atoms with van der Waals surface area (Å²) in [5.41, 5.74) is 0. The molecule has 0 amide bonds. The predicted octanol–water partition coefficient (Wildman–Crippen LogP) is 2.21. The van der Waals surface area contributed by atoms with Crippen molar-refractivity contribution in [3.8, 4) is 0 Å². The largest absolute Gasteiger partial charge is 0.381 e. The molecule has 1 N–H and O–H groups in total. The van der Waals surface area contributed by atoms with E-state index >= 15 is 0 Å². The number of rotatable bonds is 7. The first kappa shape index (κ1) is 13.9. The van der Waals surface area contributed by atoms with E-state index in [-0.39, 0.29) is 0 Å². The van der Waals surface area contributed by atoms with Crippen LogP contribution in [0.3, 0.4) is 0 Å². The molecule has 1 heterocycles. The average molecular weight is 229 g/mol. The Morgan fingerprint density at radius 1 is 1.25 bits per heavy atom. The first-order valence-corrected chi connectivity index (χ1v) is 6.62. The van der Waals surface area contributed by atoms with Gasteiger partial charge in [-0.25, -0.2) is 0 Å². The van der Waals surface area contributed by atoms with Crippen molar-refractivity contribution in [2.24, 2.45) is 5.92 Å². The molecule has 16 heavy (non-hydrogen) atoms. The zero-order chi connectivity index (χ0) is 11.8. The molecule has 0 spiro atoms. The highest BCUT2D eigenvalue weighted by Crippen LogP contribution is 2.12. The topological polar surface area (TPSA) is 30.5 Å². The summed E-state index contributed by atoms with van der Waals surface area (Å²) >= 11 is 0. The van der Waals surface area contributed by atoms with Crippen molar-refractivity contribution in [3.63, 3.8) is 0 Å². The van der Waals surface area contributed by atoms with E-state index in [9.17, 15) is 0 Å². The Hall–Kier alpha value is -0.120. The maximum absolute atomic E-state index is 5.96. The van der Waals surface area contributed by atoms with E-state index in [2.05, 4.69) is 26.1 Å². The first-order valence-electron chi connectivity index (χ1n) is 6.62. The predicted molar refractivity (Wildman–Crippen MR) is 66.7 cm³/mol. The average Bonchev–Trinajstić information content (AvgIpc) is 2.25. The van der Waals surface area contributed by atoms with Gasteiger partial charge in [-0.3, -0.25) is 0 Å². The minimum absolute atomic E-state index is 0.315. The van der Waals surface area contributed by atoms with E-state index in [1.807, 2.05) is 0 Å². The second-order valence-electron chi connectivity index (χ2n) is 5.15. The van der Waals surface area contributed by atoms with Gasteiger partial charge in [-0.1, -0.05) is 13.8 Å². The van der Waals surface area contributed by atoms with Crippen LogP contribution in [0.25, 0.3) is 0 Å². The van der Waals surface area contributed by atoms with Gasteiger partial charge in [0, 0.05) is 19.8 Å². The van der Waals surface area contributed by atoms with Gasteiger partial charge in [-0.2, -0.15) is 0 Å². The molecule has 3 heteroatoms. The van der Waals surface area contributed by atoms with Crippen LogP contribution in [0.15, 0.2) is 0 Å². The van der Waals surface area contributed by atoms with E-state index in [4.69, 9.17) is 9.47 Å². The first-order chi connectivity index (χ1) is 7.68. The van der Waals surface area contributed by atoms with Crippen molar-refractivity contribution < 1.29 is 9.47 Å². The summed E-state index contributed by atoms with van der Waals surface area (Å²) in [6.45, 7) is 10.4. The van der Waals surface area contributed by atoms with Crippen molar-refractivity contribution in [1.29, 1.82) is 0 Å². The molecule has 0 bridgehead atoms. The summed E-state index contributed by atoms with van der Waals surface area (Å²) in [4.78, 5) is 0. The van der Waals surface area contributed by atoms with Gasteiger partial charge in [0.15, 0.2) is 0 Å². The van der Waals surface area contributed by atoms with E-state index in [0.717, 1.165) is 45.1 Å². The minimum atomic E-state index is 0.315. The van der Waals surface area contributed by atoms with Gasteiger partial charge in [0.2, 0.25) is 0 Å². The lowest BCUT2D eigenvalue weighted by Crippen LogP contribution is -2.33. The van der Waals surface area contributed by atoms with E-state index < -0.39 is 0 Å². The molecule has 3 nitrogen and oxygen atoms in total. The van der Waals surface area contributed by atoms with Crippen molar-refractivity contribution in [2.75, 3.05) is 26.3 Å². The van der Waals surface area contributed by atoms with Crippen LogP contribution in [0, 0.1) is 5.92 Å². The molecule has 0 aromatic carbocycles. The smallest absolute Gasteiger partial charge is 0.0675 e. The Labute approximate surface area is 99.9 Å². The van der Waals surface area contributed by atoms with Crippen molar-refractivity contribution >= 4 is 0 Å². The number of hydrogen-bond acceptors (Lipinski definition) is 3. The van der Waals surface area contributed by atoms with Crippen LogP contribution in [-0.4, -0.2) is 38.5 Å². The van der Waals surface area contributed by atoms with Gasteiger partial charge in [0.1, 0.15) is 0 Å². The van der Waals surface area contributed by atoms with E-state index in [0.29, 0.717) is 12.2 Å². The lowest BCUT2D eigenvalue weighted by atomic mass is 10.1. The summed E-state index contributed by atoms with van der Waals surface area (Å²) in [6, 6.07) is 0. The molecule has 0 saturated carbocycles. The number of ether oxygens (including phenoxy) is 2. The number of hydrogen-bond donors (Lipinski definition) is 1. The third-order valence-electron chi connectivity index (χ3n) is 2.92. The molecular weight excluding hydrogens is 202 g/mol. The molecule has 1 unspecified atom stereocenters. The maximum Gasteiger partial charge on any atom is 0.0675 e. The quantitative estimate of drug-likeness (QED) is 0.679. The molecule has 0 aliphatic carbocycles. The Balaban J connectivity index is 1.99. The molecule has 0 radical (unpaired) electrons. The SMILES string of the molecule is CC(C)CCNCC(C)OC1CCOCC1. The Kier molecular flexibility index (Phi) is 7.01. The van der Waals surface area contributed by atoms with Crippen LogP contribution in [0.2, 0.25) is 0 Å². The van der Waals surface area contributed by atoms with Crippen LogP contribution in [0.4, 0.5) is 0 Å². The minimum Gasteiger partial charge on any atom is -0.381 e. The maximum atomic E-state index is 5.96. The van der Waals surface area contributed by atoms with Crippen LogP contribution in [0.1, 0.15) is 40.0 Å². The van der Waals surface area contributed by atoms with E-state index in [1.165, 1.54) is 6.42 Å². The Morgan fingerprint density at radius 3 is 2.56 bits per heavy atom. The molecule has 1 rings (SSSR count). The summed E-state index contributed by atoms with van der Waals surface area (Å²) < 4.78 is 11.3. The Bertz CT molecular complexity index is 167. The fourth-order valence-corrected chi connectivity index (χ4v) is 1.88. The van der Waals surface area contributed by atoms with Gasteiger partial charge < -0.3 is 14.8 Å². The Morgan fingerprint density at radius 2 is 1.94 bits per heavy atom. The lowest BCUT2D eigenvalue weighted by Gasteiger charge is -2.26. The summed E-state index contributed by atoms with van der Waals surface area (Å²) in [6.07, 6.45) is 4.07. The molecular formula is C13H27NO2. The fourth-order valence-electron chi connectivity index (χ4n) is 1.88. The second-order valence-corrected chi connectivity index (χ2v) is 5.15. The molecule has 1 aliphatic heterocycles.